The molecule has 2 N–H and O–H groups in total. The highest BCUT2D eigenvalue weighted by atomic mass is 16.5. The molecule has 4 nitrogen and oxygen atoms in total. The zero-order chi connectivity index (χ0) is 17.9. The summed E-state index contributed by atoms with van der Waals surface area (Å²) in [6, 6.07) is 13.4. The van der Waals surface area contributed by atoms with E-state index in [4.69, 9.17) is 4.74 Å². The van der Waals surface area contributed by atoms with Gasteiger partial charge in [-0.3, -0.25) is 0 Å². The third-order valence-corrected chi connectivity index (χ3v) is 5.44. The molecule has 2 heterocycles. The molecule has 0 aromatic heterocycles. The summed E-state index contributed by atoms with van der Waals surface area (Å²) in [5.74, 6) is 0.829. The lowest BCUT2D eigenvalue weighted by molar-refractivity contribution is 0.343. The maximum absolute atomic E-state index is 9.22. The van der Waals surface area contributed by atoms with Crippen LogP contribution in [-0.2, 0) is 6.42 Å². The molecule has 1 fully saturated rings. The van der Waals surface area contributed by atoms with Crippen LogP contribution in [0.5, 0.6) is 5.75 Å². The number of para-hydroxylation sites is 1. The van der Waals surface area contributed by atoms with Crippen molar-refractivity contribution >= 4 is 11.8 Å². The Kier molecular flexibility index (Phi) is 4.96. The minimum absolute atomic E-state index is 0.0312. The molecule has 1 saturated heterocycles. The zero-order valence-corrected chi connectivity index (χ0v) is 15.2. The van der Waals surface area contributed by atoms with Gasteiger partial charge in [0.15, 0.2) is 0 Å². The van der Waals surface area contributed by atoms with Crippen LogP contribution in [0.2, 0.25) is 0 Å². The monoisotopic (exact) mass is 350 g/mol. The van der Waals surface area contributed by atoms with E-state index in [2.05, 4.69) is 34.5 Å². The Balaban J connectivity index is 1.83. The number of fused-ring (bicyclic) bond motifs is 3. The molecule has 1 unspecified atom stereocenters. The number of aliphatic hydroxyl groups excluding tert-OH is 1. The quantitative estimate of drug-likeness (QED) is 0.889. The molecular weight excluding hydrogens is 324 g/mol. The highest BCUT2D eigenvalue weighted by molar-refractivity contribution is 5.88. The normalized spacial score (nSPS) is 19.3. The second-order valence-electron chi connectivity index (χ2n) is 6.94. The molecule has 0 amide bonds. The Morgan fingerprint density at radius 1 is 1.23 bits per heavy atom. The third-order valence-electron chi connectivity index (χ3n) is 5.44. The van der Waals surface area contributed by atoms with Gasteiger partial charge in [0.1, 0.15) is 5.75 Å². The van der Waals surface area contributed by atoms with E-state index in [1.54, 1.807) is 13.2 Å². The SMILES string of the molecule is COc1ccc(-c2cccc3c2N2CCNCCC2C3)c(C=CCO)c1. The lowest BCUT2D eigenvalue weighted by atomic mass is 9.95. The molecule has 136 valence electrons. The third kappa shape index (κ3) is 3.11. The lowest BCUT2D eigenvalue weighted by Crippen LogP contribution is -2.33. The molecule has 2 aliphatic rings. The van der Waals surface area contributed by atoms with Crippen LogP contribution in [0.3, 0.4) is 0 Å². The van der Waals surface area contributed by atoms with Crippen LogP contribution >= 0.6 is 0 Å². The Bertz CT molecular complexity index is 816. The number of hydrogen-bond donors (Lipinski definition) is 2. The number of anilines is 1. The predicted molar refractivity (Wildman–Crippen MR) is 107 cm³/mol. The fourth-order valence-corrected chi connectivity index (χ4v) is 4.24. The van der Waals surface area contributed by atoms with Crippen LogP contribution in [0.25, 0.3) is 17.2 Å². The van der Waals surface area contributed by atoms with Crippen LogP contribution < -0.4 is 15.0 Å². The van der Waals surface area contributed by atoms with Crippen LogP contribution in [0.1, 0.15) is 17.5 Å². The summed E-state index contributed by atoms with van der Waals surface area (Å²) < 4.78 is 5.41. The molecule has 0 bridgehead atoms. The van der Waals surface area contributed by atoms with Gasteiger partial charge in [0.2, 0.25) is 0 Å². The summed E-state index contributed by atoms with van der Waals surface area (Å²) in [7, 11) is 1.68. The molecule has 1 atom stereocenters. The summed E-state index contributed by atoms with van der Waals surface area (Å²) in [6.07, 6.45) is 6.07. The number of methoxy groups -OCH3 is 1. The van der Waals surface area contributed by atoms with Crippen molar-refractivity contribution in [3.05, 3.63) is 53.6 Å². The molecule has 0 aliphatic carbocycles. The first-order chi connectivity index (χ1) is 12.8. The van der Waals surface area contributed by atoms with E-state index in [0.717, 1.165) is 37.4 Å². The average Bonchev–Trinajstić information content (AvgIpc) is 2.87. The molecule has 2 aliphatic heterocycles. The molecule has 4 rings (SSSR count). The van der Waals surface area contributed by atoms with E-state index in [9.17, 15) is 5.11 Å². The largest absolute Gasteiger partial charge is 0.497 e. The molecule has 26 heavy (non-hydrogen) atoms. The van der Waals surface area contributed by atoms with Crippen molar-refractivity contribution in [2.45, 2.75) is 18.9 Å². The summed E-state index contributed by atoms with van der Waals surface area (Å²) in [6.45, 7) is 3.21. The Labute approximate surface area is 155 Å². The second-order valence-corrected chi connectivity index (χ2v) is 6.94. The van der Waals surface area contributed by atoms with Crippen molar-refractivity contribution in [1.82, 2.24) is 5.32 Å². The lowest BCUT2D eigenvalue weighted by Gasteiger charge is -2.27. The van der Waals surface area contributed by atoms with Gasteiger partial charge in [-0.05, 0) is 48.2 Å². The number of rotatable bonds is 4. The van der Waals surface area contributed by atoms with Gasteiger partial charge in [0, 0.05) is 30.4 Å². The van der Waals surface area contributed by atoms with Crippen LogP contribution in [0.4, 0.5) is 5.69 Å². The number of nitrogens with zero attached hydrogens (tertiary/aromatic N) is 1. The minimum Gasteiger partial charge on any atom is -0.497 e. The summed E-state index contributed by atoms with van der Waals surface area (Å²) in [5, 5.41) is 12.7. The fourth-order valence-electron chi connectivity index (χ4n) is 4.24. The summed E-state index contributed by atoms with van der Waals surface area (Å²) in [5.41, 5.74) is 6.35. The van der Waals surface area contributed by atoms with Crippen molar-refractivity contribution in [2.24, 2.45) is 0 Å². The van der Waals surface area contributed by atoms with Gasteiger partial charge in [0.05, 0.1) is 13.7 Å². The van der Waals surface area contributed by atoms with E-state index in [0.29, 0.717) is 6.04 Å². The van der Waals surface area contributed by atoms with Crippen molar-refractivity contribution < 1.29 is 9.84 Å². The van der Waals surface area contributed by atoms with Gasteiger partial charge < -0.3 is 20.1 Å². The summed E-state index contributed by atoms with van der Waals surface area (Å²) in [4.78, 5) is 2.59. The first kappa shape index (κ1) is 17.1. The molecular formula is C22H26N2O2. The molecule has 2 aromatic carbocycles. The highest BCUT2D eigenvalue weighted by Crippen LogP contribution is 2.43. The average molecular weight is 350 g/mol. The number of nitrogens with one attached hydrogen (secondary N) is 1. The minimum atomic E-state index is 0.0312. The van der Waals surface area contributed by atoms with Gasteiger partial charge in [-0.2, -0.15) is 0 Å². The number of hydrogen-bond acceptors (Lipinski definition) is 4. The number of aliphatic hydroxyl groups is 1. The van der Waals surface area contributed by atoms with Gasteiger partial charge in [-0.25, -0.2) is 0 Å². The number of benzene rings is 2. The summed E-state index contributed by atoms with van der Waals surface area (Å²) >= 11 is 0. The second kappa shape index (κ2) is 7.52. The van der Waals surface area contributed by atoms with Crippen LogP contribution in [0, 0.1) is 0 Å². The van der Waals surface area contributed by atoms with Crippen LogP contribution in [0.15, 0.2) is 42.5 Å². The predicted octanol–water partition coefficient (Wildman–Crippen LogP) is 3.09. The molecule has 0 saturated carbocycles. The smallest absolute Gasteiger partial charge is 0.119 e. The Morgan fingerprint density at radius 2 is 2.15 bits per heavy atom. The molecule has 4 heteroatoms. The zero-order valence-electron chi connectivity index (χ0n) is 15.2. The molecule has 0 spiro atoms. The standard InChI is InChI=1S/C22H26N2O2/c1-26-19-7-8-20(16(15-19)5-3-13-25)21-6-2-4-17-14-18-9-10-23-11-12-24(18)22(17)21/h2-8,15,18,23,25H,9-14H2,1H3. The van der Waals surface area contributed by atoms with Crippen molar-refractivity contribution in [1.29, 1.82) is 0 Å². The number of ether oxygens (including phenoxy) is 1. The van der Waals surface area contributed by atoms with Gasteiger partial charge in [-0.15, -0.1) is 0 Å². The van der Waals surface area contributed by atoms with Crippen molar-refractivity contribution in [3.63, 3.8) is 0 Å². The highest BCUT2D eigenvalue weighted by Gasteiger charge is 2.32. The first-order valence-corrected chi connectivity index (χ1v) is 9.37. The van der Waals surface area contributed by atoms with E-state index >= 15 is 0 Å². The molecule has 0 radical (unpaired) electrons. The van der Waals surface area contributed by atoms with E-state index in [1.165, 1.54) is 28.8 Å². The van der Waals surface area contributed by atoms with E-state index in [-0.39, 0.29) is 6.61 Å². The van der Waals surface area contributed by atoms with Gasteiger partial charge in [-0.1, -0.05) is 36.4 Å². The van der Waals surface area contributed by atoms with E-state index < -0.39 is 0 Å². The topological polar surface area (TPSA) is 44.7 Å². The van der Waals surface area contributed by atoms with Crippen LogP contribution in [-0.4, -0.2) is 44.5 Å². The maximum atomic E-state index is 9.22. The van der Waals surface area contributed by atoms with Crippen molar-refractivity contribution in [2.75, 3.05) is 38.3 Å². The Hall–Kier alpha value is -2.30. The first-order valence-electron chi connectivity index (χ1n) is 9.37. The maximum Gasteiger partial charge on any atom is 0.119 e. The van der Waals surface area contributed by atoms with Gasteiger partial charge in [0.25, 0.3) is 0 Å². The van der Waals surface area contributed by atoms with E-state index in [1.807, 2.05) is 18.2 Å². The Morgan fingerprint density at radius 3 is 3.00 bits per heavy atom. The molecule has 2 aromatic rings. The fraction of sp³-hybridized carbons (Fsp3) is 0.364. The van der Waals surface area contributed by atoms with Crippen molar-refractivity contribution in [3.8, 4) is 16.9 Å². The van der Waals surface area contributed by atoms with Gasteiger partial charge >= 0.3 is 0 Å².